The average molecular weight is 264 g/mol. The van der Waals surface area contributed by atoms with Gasteiger partial charge in [-0.2, -0.15) is 0 Å². The molecule has 2 rings (SSSR count). The highest BCUT2D eigenvalue weighted by Gasteiger charge is 2.26. The zero-order valence-electron chi connectivity index (χ0n) is 11.1. The molecule has 102 valence electrons. The van der Waals surface area contributed by atoms with E-state index < -0.39 is 17.1 Å². The van der Waals surface area contributed by atoms with Crippen LogP contribution in [0.15, 0.2) is 27.4 Å². The summed E-state index contributed by atoms with van der Waals surface area (Å²) >= 11 is 0. The lowest BCUT2D eigenvalue weighted by Gasteiger charge is -2.20. The highest BCUT2D eigenvalue weighted by atomic mass is 16.4. The average Bonchev–Trinajstić information content (AvgIpc) is 2.63. The Morgan fingerprint density at radius 3 is 2.79 bits per heavy atom. The van der Waals surface area contributed by atoms with Gasteiger partial charge in [0.1, 0.15) is 0 Å². The van der Waals surface area contributed by atoms with Crippen molar-refractivity contribution in [1.82, 2.24) is 4.57 Å². The number of oxazole rings is 1. The molecule has 0 aliphatic rings. The Balaban J connectivity index is 2.25. The van der Waals surface area contributed by atoms with Crippen LogP contribution >= 0.6 is 0 Å². The second kappa shape index (κ2) is 4.46. The number of carboxylic acids is 1. The fourth-order valence-electron chi connectivity index (χ4n) is 1.64. The van der Waals surface area contributed by atoms with E-state index in [-0.39, 0.29) is 0 Å². The van der Waals surface area contributed by atoms with E-state index in [1.165, 1.54) is 4.57 Å². The van der Waals surface area contributed by atoms with Crippen molar-refractivity contribution in [1.29, 1.82) is 0 Å². The number of carbonyl (C=O) groups is 1. The molecule has 6 heteroatoms. The van der Waals surface area contributed by atoms with Gasteiger partial charge in [0.15, 0.2) is 5.58 Å². The highest BCUT2D eigenvalue weighted by Crippen LogP contribution is 2.20. The minimum Gasteiger partial charge on any atom is -0.481 e. The first kappa shape index (κ1) is 13.2. The van der Waals surface area contributed by atoms with Crippen LogP contribution < -0.4 is 11.1 Å². The normalized spacial score (nSPS) is 11.7. The molecule has 1 aromatic heterocycles. The van der Waals surface area contributed by atoms with E-state index in [1.807, 2.05) is 0 Å². The Morgan fingerprint density at radius 2 is 2.16 bits per heavy atom. The van der Waals surface area contributed by atoms with Crippen molar-refractivity contribution in [2.24, 2.45) is 12.5 Å². The Bertz CT molecular complexity index is 681. The fourth-order valence-corrected chi connectivity index (χ4v) is 1.64. The summed E-state index contributed by atoms with van der Waals surface area (Å²) in [6.07, 6.45) is 0. The van der Waals surface area contributed by atoms with Crippen LogP contribution in [0.4, 0.5) is 5.69 Å². The molecule has 0 bridgehead atoms. The second-order valence-electron chi connectivity index (χ2n) is 5.15. The fraction of sp³-hybridized carbons (Fsp3) is 0.385. The second-order valence-corrected chi connectivity index (χ2v) is 5.15. The summed E-state index contributed by atoms with van der Waals surface area (Å²) in [5, 5.41) is 12.1. The van der Waals surface area contributed by atoms with Crippen LogP contribution in [-0.2, 0) is 11.8 Å². The summed E-state index contributed by atoms with van der Waals surface area (Å²) in [6, 6.07) is 5.20. The molecule has 2 aromatic rings. The SMILES string of the molecule is Cn1c(=O)oc2ccc(NCC(C)(C)C(=O)O)cc21. The molecular weight excluding hydrogens is 248 g/mol. The van der Waals surface area contributed by atoms with Gasteiger partial charge in [-0.1, -0.05) is 0 Å². The van der Waals surface area contributed by atoms with Crippen LogP contribution in [0.1, 0.15) is 13.8 Å². The number of aromatic nitrogens is 1. The minimum absolute atomic E-state index is 0.291. The summed E-state index contributed by atoms with van der Waals surface area (Å²) in [6.45, 7) is 3.59. The number of hydrogen-bond acceptors (Lipinski definition) is 4. The quantitative estimate of drug-likeness (QED) is 0.877. The van der Waals surface area contributed by atoms with E-state index in [1.54, 1.807) is 39.1 Å². The van der Waals surface area contributed by atoms with Gasteiger partial charge in [-0.15, -0.1) is 0 Å². The smallest absolute Gasteiger partial charge is 0.419 e. The van der Waals surface area contributed by atoms with Crippen LogP contribution in [0, 0.1) is 5.41 Å². The number of rotatable bonds is 4. The van der Waals surface area contributed by atoms with E-state index >= 15 is 0 Å². The maximum absolute atomic E-state index is 11.4. The van der Waals surface area contributed by atoms with Crippen molar-refractivity contribution < 1.29 is 14.3 Å². The van der Waals surface area contributed by atoms with Gasteiger partial charge >= 0.3 is 11.7 Å². The topological polar surface area (TPSA) is 84.5 Å². The summed E-state index contributed by atoms with van der Waals surface area (Å²) in [7, 11) is 1.62. The molecule has 19 heavy (non-hydrogen) atoms. The number of benzene rings is 1. The van der Waals surface area contributed by atoms with Crippen molar-refractivity contribution in [2.45, 2.75) is 13.8 Å². The van der Waals surface area contributed by atoms with Gasteiger partial charge in [0, 0.05) is 19.3 Å². The van der Waals surface area contributed by atoms with Crippen molar-refractivity contribution in [3.63, 3.8) is 0 Å². The molecule has 0 amide bonds. The Hall–Kier alpha value is -2.24. The predicted octanol–water partition coefficient (Wildman–Crippen LogP) is 1.65. The van der Waals surface area contributed by atoms with Crippen LogP contribution in [0.5, 0.6) is 0 Å². The van der Waals surface area contributed by atoms with Gasteiger partial charge < -0.3 is 14.8 Å². The number of nitrogens with one attached hydrogen (secondary N) is 1. The Morgan fingerprint density at radius 1 is 1.47 bits per heavy atom. The molecular formula is C13H16N2O4. The molecule has 0 atom stereocenters. The number of carboxylic acid groups (broad SMARTS) is 1. The van der Waals surface area contributed by atoms with Gasteiger partial charge in [0.2, 0.25) is 0 Å². The molecule has 0 aliphatic carbocycles. The van der Waals surface area contributed by atoms with Crippen LogP contribution in [-0.4, -0.2) is 22.2 Å². The molecule has 0 fully saturated rings. The lowest BCUT2D eigenvalue weighted by atomic mass is 9.94. The van der Waals surface area contributed by atoms with E-state index in [0.29, 0.717) is 17.6 Å². The molecule has 0 saturated carbocycles. The first-order chi connectivity index (χ1) is 8.81. The maximum atomic E-state index is 11.4. The van der Waals surface area contributed by atoms with Gasteiger partial charge in [-0.05, 0) is 32.0 Å². The third kappa shape index (κ3) is 2.47. The van der Waals surface area contributed by atoms with Crippen LogP contribution in [0.3, 0.4) is 0 Å². The summed E-state index contributed by atoms with van der Waals surface area (Å²) in [4.78, 5) is 22.4. The zero-order chi connectivity index (χ0) is 14.2. The maximum Gasteiger partial charge on any atom is 0.419 e. The van der Waals surface area contributed by atoms with Crippen molar-refractivity contribution in [3.8, 4) is 0 Å². The number of nitrogens with zero attached hydrogens (tertiary/aromatic N) is 1. The number of aryl methyl sites for hydroxylation is 1. The first-order valence-electron chi connectivity index (χ1n) is 5.88. The summed E-state index contributed by atoms with van der Waals surface area (Å²) < 4.78 is 6.43. The number of anilines is 1. The minimum atomic E-state index is -0.864. The standard InChI is InChI=1S/C13H16N2O4/c1-13(2,11(16)17)7-14-8-4-5-10-9(6-8)15(3)12(18)19-10/h4-6,14H,7H2,1-3H3,(H,16,17). The summed E-state index contributed by atoms with van der Waals surface area (Å²) in [5.41, 5.74) is 1.06. The number of hydrogen-bond donors (Lipinski definition) is 2. The van der Waals surface area contributed by atoms with Gasteiger partial charge in [-0.3, -0.25) is 9.36 Å². The van der Waals surface area contributed by atoms with Crippen LogP contribution in [0.25, 0.3) is 11.1 Å². The molecule has 1 heterocycles. The van der Waals surface area contributed by atoms with Crippen LogP contribution in [0.2, 0.25) is 0 Å². The Kier molecular flexibility index (Phi) is 3.09. The number of aliphatic carboxylic acids is 1. The first-order valence-corrected chi connectivity index (χ1v) is 5.88. The molecule has 0 saturated heterocycles. The van der Waals surface area contributed by atoms with Crippen molar-refractivity contribution in [2.75, 3.05) is 11.9 Å². The largest absolute Gasteiger partial charge is 0.481 e. The molecule has 1 aromatic carbocycles. The van der Waals surface area contributed by atoms with E-state index in [4.69, 9.17) is 9.52 Å². The van der Waals surface area contributed by atoms with Gasteiger partial charge in [0.05, 0.1) is 10.9 Å². The molecule has 6 nitrogen and oxygen atoms in total. The predicted molar refractivity (Wildman–Crippen MR) is 71.4 cm³/mol. The molecule has 0 unspecified atom stereocenters. The highest BCUT2D eigenvalue weighted by molar-refractivity contribution is 5.78. The molecule has 0 radical (unpaired) electrons. The lowest BCUT2D eigenvalue weighted by Crippen LogP contribution is -2.31. The third-order valence-electron chi connectivity index (χ3n) is 3.10. The Labute approximate surface area is 109 Å². The zero-order valence-corrected chi connectivity index (χ0v) is 11.1. The van der Waals surface area contributed by atoms with Crippen molar-refractivity contribution in [3.05, 3.63) is 28.7 Å². The monoisotopic (exact) mass is 264 g/mol. The lowest BCUT2D eigenvalue weighted by molar-refractivity contribution is -0.146. The third-order valence-corrected chi connectivity index (χ3v) is 3.10. The molecule has 0 aliphatic heterocycles. The van der Waals surface area contributed by atoms with E-state index in [0.717, 1.165) is 5.69 Å². The summed E-state index contributed by atoms with van der Waals surface area (Å²) in [5.74, 6) is -1.28. The number of fused-ring (bicyclic) bond motifs is 1. The molecule has 2 N–H and O–H groups in total. The van der Waals surface area contributed by atoms with E-state index in [2.05, 4.69) is 5.32 Å². The van der Waals surface area contributed by atoms with Crippen molar-refractivity contribution >= 4 is 22.8 Å². The molecule has 0 spiro atoms. The van der Waals surface area contributed by atoms with Gasteiger partial charge in [0.25, 0.3) is 0 Å². The van der Waals surface area contributed by atoms with E-state index in [9.17, 15) is 9.59 Å². The van der Waals surface area contributed by atoms with Gasteiger partial charge in [-0.25, -0.2) is 4.79 Å².